The van der Waals surface area contributed by atoms with E-state index in [2.05, 4.69) is 0 Å². The highest BCUT2D eigenvalue weighted by Gasteiger charge is 2.27. The van der Waals surface area contributed by atoms with E-state index >= 15 is 0 Å². The molecule has 1 fully saturated rings. The summed E-state index contributed by atoms with van der Waals surface area (Å²) in [5.74, 6) is -0.216. The summed E-state index contributed by atoms with van der Waals surface area (Å²) in [6.45, 7) is 2.92. The van der Waals surface area contributed by atoms with E-state index in [1.165, 1.54) is 6.07 Å². The van der Waals surface area contributed by atoms with Crippen LogP contribution in [0.15, 0.2) is 53.4 Å². The molecule has 1 amide bonds. The lowest BCUT2D eigenvalue weighted by Crippen LogP contribution is -2.32. The summed E-state index contributed by atoms with van der Waals surface area (Å²) in [6.07, 6.45) is 3.89. The largest absolute Gasteiger partial charge is 0.311 e. The van der Waals surface area contributed by atoms with Crippen LogP contribution in [0.3, 0.4) is 0 Å². The lowest BCUT2D eigenvalue weighted by molar-refractivity contribution is 0.0992. The first-order valence-corrected chi connectivity index (χ1v) is 10.8. The van der Waals surface area contributed by atoms with E-state index in [0.717, 1.165) is 36.9 Å². The standard InChI is InChI=1S/C21H26N2O3S/c1-17-12-13-19(27(25,26)23-14-8-3-4-9-15-23)16-20(17)21(24)22(2)18-10-6-5-7-11-18/h5-7,10-13,16H,3-4,8-9,14-15H2,1-2H3. The third-order valence-corrected chi connectivity index (χ3v) is 6.99. The highest BCUT2D eigenvalue weighted by Crippen LogP contribution is 2.24. The summed E-state index contributed by atoms with van der Waals surface area (Å²) in [7, 11) is -1.88. The number of hydrogen-bond acceptors (Lipinski definition) is 3. The summed E-state index contributed by atoms with van der Waals surface area (Å²) < 4.78 is 27.7. The summed E-state index contributed by atoms with van der Waals surface area (Å²) >= 11 is 0. The molecule has 0 atom stereocenters. The molecule has 1 aliphatic heterocycles. The Balaban J connectivity index is 1.93. The zero-order valence-electron chi connectivity index (χ0n) is 15.9. The van der Waals surface area contributed by atoms with Gasteiger partial charge in [-0.3, -0.25) is 4.79 Å². The summed E-state index contributed by atoms with van der Waals surface area (Å²) in [4.78, 5) is 14.7. The second-order valence-corrected chi connectivity index (χ2v) is 8.93. The maximum atomic E-state index is 13.1. The van der Waals surface area contributed by atoms with Crippen molar-refractivity contribution in [3.8, 4) is 0 Å². The average Bonchev–Trinajstić information content (AvgIpc) is 2.98. The van der Waals surface area contributed by atoms with Crippen molar-refractivity contribution in [1.29, 1.82) is 0 Å². The van der Waals surface area contributed by atoms with Crippen molar-refractivity contribution >= 4 is 21.6 Å². The Kier molecular flexibility index (Phi) is 5.97. The number of sulfonamides is 1. The smallest absolute Gasteiger partial charge is 0.258 e. The Hall–Kier alpha value is -2.18. The minimum atomic E-state index is -3.59. The van der Waals surface area contributed by atoms with Crippen LogP contribution in [0.1, 0.15) is 41.6 Å². The van der Waals surface area contributed by atoms with Crippen LogP contribution < -0.4 is 4.90 Å². The summed E-state index contributed by atoms with van der Waals surface area (Å²) in [5, 5.41) is 0. The molecule has 0 unspecified atom stereocenters. The lowest BCUT2D eigenvalue weighted by atomic mass is 10.1. The van der Waals surface area contributed by atoms with Crippen molar-refractivity contribution in [3.63, 3.8) is 0 Å². The van der Waals surface area contributed by atoms with Crippen LogP contribution in [0, 0.1) is 6.92 Å². The van der Waals surface area contributed by atoms with E-state index in [9.17, 15) is 13.2 Å². The highest BCUT2D eigenvalue weighted by atomic mass is 32.2. The molecule has 0 bridgehead atoms. The Bertz CT molecular complexity index is 902. The van der Waals surface area contributed by atoms with Crippen LogP contribution in [0.2, 0.25) is 0 Å². The fraction of sp³-hybridized carbons (Fsp3) is 0.381. The van der Waals surface area contributed by atoms with Crippen molar-refractivity contribution in [2.24, 2.45) is 0 Å². The van der Waals surface area contributed by atoms with Gasteiger partial charge in [0.1, 0.15) is 0 Å². The van der Waals surface area contributed by atoms with Gasteiger partial charge in [0.05, 0.1) is 4.90 Å². The topological polar surface area (TPSA) is 57.7 Å². The number of nitrogens with zero attached hydrogens (tertiary/aromatic N) is 2. The molecule has 0 aromatic heterocycles. The highest BCUT2D eigenvalue weighted by molar-refractivity contribution is 7.89. The molecule has 1 saturated heterocycles. The van der Waals surface area contributed by atoms with Gasteiger partial charge in [-0.25, -0.2) is 8.42 Å². The van der Waals surface area contributed by atoms with Crippen LogP contribution in [-0.4, -0.2) is 38.8 Å². The molecule has 0 aliphatic carbocycles. The van der Waals surface area contributed by atoms with Crippen LogP contribution in [0.4, 0.5) is 5.69 Å². The van der Waals surface area contributed by atoms with Crippen molar-refractivity contribution in [2.45, 2.75) is 37.5 Å². The Morgan fingerprint density at radius 2 is 1.59 bits per heavy atom. The van der Waals surface area contributed by atoms with E-state index in [4.69, 9.17) is 0 Å². The number of amides is 1. The molecule has 0 N–H and O–H groups in total. The summed E-state index contributed by atoms with van der Waals surface area (Å²) in [5.41, 5.74) is 1.94. The van der Waals surface area contributed by atoms with Gasteiger partial charge in [0.25, 0.3) is 5.91 Å². The minimum absolute atomic E-state index is 0.194. The molecule has 1 aliphatic rings. The van der Waals surface area contributed by atoms with Crippen LogP contribution in [-0.2, 0) is 10.0 Å². The molecule has 1 heterocycles. The normalized spacial score (nSPS) is 15.9. The van der Waals surface area contributed by atoms with Crippen molar-refractivity contribution in [3.05, 3.63) is 59.7 Å². The van der Waals surface area contributed by atoms with Gasteiger partial charge in [-0.15, -0.1) is 0 Å². The van der Waals surface area contributed by atoms with Crippen LogP contribution in [0.25, 0.3) is 0 Å². The van der Waals surface area contributed by atoms with E-state index in [0.29, 0.717) is 18.7 Å². The number of anilines is 1. The first kappa shape index (κ1) is 19.6. The maximum Gasteiger partial charge on any atom is 0.258 e. The zero-order chi connectivity index (χ0) is 19.4. The average molecular weight is 387 g/mol. The van der Waals surface area contributed by atoms with Crippen LogP contribution >= 0.6 is 0 Å². The molecule has 2 aromatic carbocycles. The number of carbonyl (C=O) groups is 1. The molecular weight excluding hydrogens is 360 g/mol. The zero-order valence-corrected chi connectivity index (χ0v) is 16.7. The number of aryl methyl sites for hydroxylation is 1. The van der Waals surface area contributed by atoms with Crippen molar-refractivity contribution in [1.82, 2.24) is 4.31 Å². The number of carbonyl (C=O) groups excluding carboxylic acids is 1. The Labute approximate surface area is 161 Å². The monoisotopic (exact) mass is 386 g/mol. The predicted molar refractivity (Wildman–Crippen MR) is 108 cm³/mol. The van der Waals surface area contributed by atoms with Gasteiger partial charge in [-0.05, 0) is 49.6 Å². The molecule has 5 nitrogen and oxygen atoms in total. The molecule has 6 heteroatoms. The number of hydrogen-bond donors (Lipinski definition) is 0. The van der Waals surface area contributed by atoms with Gasteiger partial charge in [-0.2, -0.15) is 4.31 Å². The number of rotatable bonds is 4. The molecule has 2 aromatic rings. The predicted octanol–water partition coefficient (Wildman–Crippen LogP) is 3.84. The fourth-order valence-corrected chi connectivity index (χ4v) is 4.92. The minimum Gasteiger partial charge on any atom is -0.311 e. The van der Waals surface area contributed by atoms with Crippen LogP contribution in [0.5, 0.6) is 0 Å². The molecule has 0 saturated carbocycles. The van der Waals surface area contributed by atoms with E-state index in [1.807, 2.05) is 37.3 Å². The van der Waals surface area contributed by atoms with Crippen molar-refractivity contribution < 1.29 is 13.2 Å². The third-order valence-electron chi connectivity index (χ3n) is 5.09. The van der Waals surface area contributed by atoms with Gasteiger partial charge in [0, 0.05) is 31.4 Å². The van der Waals surface area contributed by atoms with Gasteiger partial charge in [0.2, 0.25) is 10.0 Å². The third kappa shape index (κ3) is 4.22. The van der Waals surface area contributed by atoms with Crippen molar-refractivity contribution in [2.75, 3.05) is 25.0 Å². The van der Waals surface area contributed by atoms with E-state index in [1.54, 1.807) is 28.4 Å². The second-order valence-electron chi connectivity index (χ2n) is 6.99. The van der Waals surface area contributed by atoms with Gasteiger partial charge in [0.15, 0.2) is 0 Å². The number of para-hydroxylation sites is 1. The molecular formula is C21H26N2O3S. The lowest BCUT2D eigenvalue weighted by Gasteiger charge is -2.22. The Morgan fingerprint density at radius 3 is 2.22 bits per heavy atom. The van der Waals surface area contributed by atoms with E-state index < -0.39 is 10.0 Å². The Morgan fingerprint density at radius 1 is 0.963 bits per heavy atom. The van der Waals surface area contributed by atoms with E-state index in [-0.39, 0.29) is 10.8 Å². The fourth-order valence-electron chi connectivity index (χ4n) is 3.37. The molecule has 27 heavy (non-hydrogen) atoms. The quantitative estimate of drug-likeness (QED) is 0.802. The summed E-state index contributed by atoms with van der Waals surface area (Å²) in [6, 6.07) is 14.2. The molecule has 3 rings (SSSR count). The molecule has 0 spiro atoms. The molecule has 0 radical (unpaired) electrons. The number of benzene rings is 2. The SMILES string of the molecule is Cc1ccc(S(=O)(=O)N2CCCCCC2)cc1C(=O)N(C)c1ccccc1. The first-order chi connectivity index (χ1) is 12.9. The van der Waals surface area contributed by atoms with Gasteiger partial charge >= 0.3 is 0 Å². The first-order valence-electron chi connectivity index (χ1n) is 9.35. The van der Waals surface area contributed by atoms with Gasteiger partial charge in [-0.1, -0.05) is 37.1 Å². The second kappa shape index (κ2) is 8.23. The maximum absolute atomic E-state index is 13.1. The molecule has 144 valence electrons. The van der Waals surface area contributed by atoms with Gasteiger partial charge < -0.3 is 4.90 Å².